The van der Waals surface area contributed by atoms with E-state index in [-0.39, 0.29) is 17.5 Å². The number of aromatic amines is 2. The Morgan fingerprint density at radius 3 is 2.57 bits per heavy atom. The second-order valence-electron chi connectivity index (χ2n) is 6.93. The number of nitrogens with one attached hydrogen (secondary N) is 2. The highest BCUT2D eigenvalue weighted by Gasteiger charge is 2.31. The molecule has 2 heterocycles. The molecule has 0 bridgehead atoms. The first-order valence-corrected chi connectivity index (χ1v) is 9.24. The zero-order valence-electron chi connectivity index (χ0n) is 16.1. The SMILES string of the molecule is Cc1[nH]cnc1CC1CCc2[nH]c3c(F)cccc3c2C1=O.O=C(O)/C=C\C(=O)O. The van der Waals surface area contributed by atoms with Gasteiger partial charge < -0.3 is 20.2 Å². The molecule has 0 saturated carbocycles. The van der Waals surface area contributed by atoms with Gasteiger partial charge in [0.2, 0.25) is 0 Å². The van der Waals surface area contributed by atoms with Crippen LogP contribution in [0.1, 0.15) is 33.9 Å². The number of nitrogens with zero attached hydrogens (tertiary/aromatic N) is 1. The molecule has 1 aromatic carbocycles. The van der Waals surface area contributed by atoms with E-state index in [2.05, 4.69) is 15.0 Å². The quantitative estimate of drug-likeness (QED) is 0.486. The van der Waals surface area contributed by atoms with E-state index >= 15 is 0 Å². The Morgan fingerprint density at radius 2 is 1.97 bits per heavy atom. The van der Waals surface area contributed by atoms with Gasteiger partial charge in [-0.2, -0.15) is 0 Å². The molecule has 0 aliphatic heterocycles. The summed E-state index contributed by atoms with van der Waals surface area (Å²) in [5.41, 5.74) is 3.91. The van der Waals surface area contributed by atoms with Gasteiger partial charge in [-0.25, -0.2) is 19.0 Å². The van der Waals surface area contributed by atoms with Crippen molar-refractivity contribution in [2.45, 2.75) is 26.2 Å². The highest BCUT2D eigenvalue weighted by atomic mass is 19.1. The first-order valence-electron chi connectivity index (χ1n) is 9.24. The average molecular weight is 413 g/mol. The van der Waals surface area contributed by atoms with Crippen LogP contribution in [-0.2, 0) is 22.4 Å². The average Bonchev–Trinajstić information content (AvgIpc) is 3.27. The summed E-state index contributed by atoms with van der Waals surface area (Å²) in [6.07, 6.45) is 4.95. The number of hydrogen-bond donors (Lipinski definition) is 4. The summed E-state index contributed by atoms with van der Waals surface area (Å²) in [5, 5.41) is 16.3. The Labute approximate surface area is 170 Å². The predicted octanol–water partition coefficient (Wildman–Crippen LogP) is 3.04. The van der Waals surface area contributed by atoms with Crippen LogP contribution in [0.2, 0.25) is 0 Å². The molecule has 8 nitrogen and oxygen atoms in total. The van der Waals surface area contributed by atoms with Crippen molar-refractivity contribution in [3.8, 4) is 0 Å². The molecule has 1 aliphatic carbocycles. The van der Waals surface area contributed by atoms with Crippen molar-refractivity contribution in [2.75, 3.05) is 0 Å². The van der Waals surface area contributed by atoms with Crippen LogP contribution in [-0.4, -0.2) is 42.9 Å². The molecule has 3 aromatic rings. The minimum absolute atomic E-state index is 0.0863. The van der Waals surface area contributed by atoms with Crippen LogP contribution in [0.3, 0.4) is 0 Å². The highest BCUT2D eigenvalue weighted by Crippen LogP contribution is 2.34. The zero-order chi connectivity index (χ0) is 21.8. The molecule has 0 fully saturated rings. The van der Waals surface area contributed by atoms with Gasteiger partial charge in [0.05, 0.1) is 17.5 Å². The molecule has 30 heavy (non-hydrogen) atoms. The molecule has 0 radical (unpaired) electrons. The van der Waals surface area contributed by atoms with Crippen LogP contribution in [0.25, 0.3) is 10.9 Å². The number of carboxylic acids is 2. The molecule has 9 heteroatoms. The normalized spacial score (nSPS) is 15.7. The number of aromatic nitrogens is 3. The lowest BCUT2D eigenvalue weighted by molar-refractivity contribution is -0.134. The number of Topliss-reactive ketones (excluding diaryl/α,β-unsaturated/α-hetero) is 1. The monoisotopic (exact) mass is 413 g/mol. The van der Waals surface area contributed by atoms with Crippen molar-refractivity contribution in [3.05, 3.63) is 65.1 Å². The number of carbonyl (C=O) groups is 3. The fourth-order valence-corrected chi connectivity index (χ4v) is 3.52. The minimum atomic E-state index is -1.26. The largest absolute Gasteiger partial charge is 0.478 e. The molecule has 2 aromatic heterocycles. The van der Waals surface area contributed by atoms with E-state index in [1.165, 1.54) is 6.07 Å². The lowest BCUT2D eigenvalue weighted by atomic mass is 9.82. The van der Waals surface area contributed by atoms with Gasteiger partial charge in [0.25, 0.3) is 0 Å². The fourth-order valence-electron chi connectivity index (χ4n) is 3.52. The summed E-state index contributed by atoms with van der Waals surface area (Å²) in [6.45, 7) is 1.96. The third-order valence-electron chi connectivity index (χ3n) is 4.96. The predicted molar refractivity (Wildman–Crippen MR) is 106 cm³/mol. The van der Waals surface area contributed by atoms with Gasteiger partial charge in [0, 0.05) is 46.8 Å². The van der Waals surface area contributed by atoms with Crippen molar-refractivity contribution in [3.63, 3.8) is 0 Å². The number of carboxylic acid groups (broad SMARTS) is 2. The summed E-state index contributed by atoms with van der Waals surface area (Å²) in [7, 11) is 0. The zero-order valence-corrected chi connectivity index (χ0v) is 16.1. The molecule has 0 spiro atoms. The molecule has 1 atom stereocenters. The number of hydrogen-bond acceptors (Lipinski definition) is 4. The lowest BCUT2D eigenvalue weighted by Crippen LogP contribution is -2.24. The van der Waals surface area contributed by atoms with Crippen molar-refractivity contribution in [1.29, 1.82) is 0 Å². The maximum atomic E-state index is 13.9. The Morgan fingerprint density at radius 1 is 1.27 bits per heavy atom. The Bertz CT molecular complexity index is 1130. The maximum absolute atomic E-state index is 13.9. The number of carbonyl (C=O) groups excluding carboxylic acids is 1. The number of fused-ring (bicyclic) bond motifs is 3. The molecular weight excluding hydrogens is 393 g/mol. The van der Waals surface area contributed by atoms with E-state index in [9.17, 15) is 18.8 Å². The van der Waals surface area contributed by atoms with Gasteiger partial charge in [-0.15, -0.1) is 0 Å². The van der Waals surface area contributed by atoms with Gasteiger partial charge in [-0.3, -0.25) is 4.79 Å². The van der Waals surface area contributed by atoms with E-state index in [4.69, 9.17) is 10.2 Å². The van der Waals surface area contributed by atoms with Gasteiger partial charge in [-0.05, 0) is 25.8 Å². The second kappa shape index (κ2) is 8.73. The molecule has 4 rings (SSSR count). The number of H-pyrrole nitrogens is 2. The van der Waals surface area contributed by atoms with Gasteiger partial charge in [0.15, 0.2) is 5.78 Å². The third-order valence-corrected chi connectivity index (χ3v) is 4.96. The van der Waals surface area contributed by atoms with Crippen LogP contribution in [0.15, 0.2) is 36.7 Å². The fraction of sp³-hybridized carbons (Fsp3) is 0.238. The summed E-state index contributed by atoms with van der Waals surface area (Å²) >= 11 is 0. The number of imidazole rings is 1. The molecule has 0 amide bonds. The lowest BCUT2D eigenvalue weighted by Gasteiger charge is -2.20. The van der Waals surface area contributed by atoms with Crippen LogP contribution in [0.5, 0.6) is 0 Å². The number of benzene rings is 1. The van der Waals surface area contributed by atoms with Crippen molar-refractivity contribution < 1.29 is 29.0 Å². The van der Waals surface area contributed by atoms with Crippen molar-refractivity contribution in [1.82, 2.24) is 15.0 Å². The maximum Gasteiger partial charge on any atom is 0.328 e. The third kappa shape index (κ3) is 4.45. The van der Waals surface area contributed by atoms with Gasteiger partial charge >= 0.3 is 11.9 Å². The number of aryl methyl sites for hydroxylation is 2. The minimum Gasteiger partial charge on any atom is -0.478 e. The molecule has 4 N–H and O–H groups in total. The Hall–Kier alpha value is -3.75. The van der Waals surface area contributed by atoms with Gasteiger partial charge in [0.1, 0.15) is 5.82 Å². The number of halogens is 1. The van der Waals surface area contributed by atoms with Crippen LogP contribution < -0.4 is 0 Å². The smallest absolute Gasteiger partial charge is 0.328 e. The van der Waals surface area contributed by atoms with E-state index in [1.54, 1.807) is 12.4 Å². The van der Waals surface area contributed by atoms with Crippen LogP contribution >= 0.6 is 0 Å². The molecule has 1 unspecified atom stereocenters. The van der Waals surface area contributed by atoms with E-state index in [0.29, 0.717) is 35.0 Å². The first-order chi connectivity index (χ1) is 14.3. The van der Waals surface area contributed by atoms with Crippen molar-refractivity contribution in [2.24, 2.45) is 5.92 Å². The molecule has 156 valence electrons. The topological polar surface area (TPSA) is 136 Å². The van der Waals surface area contributed by atoms with E-state index in [0.717, 1.165) is 29.9 Å². The van der Waals surface area contributed by atoms with Crippen molar-refractivity contribution >= 4 is 28.6 Å². The molecule has 0 saturated heterocycles. The van der Waals surface area contributed by atoms with Crippen LogP contribution in [0, 0.1) is 18.7 Å². The summed E-state index contributed by atoms with van der Waals surface area (Å²) in [4.78, 5) is 42.4. The summed E-state index contributed by atoms with van der Waals surface area (Å²) < 4.78 is 13.9. The first kappa shape index (κ1) is 21.0. The van der Waals surface area contributed by atoms with E-state index in [1.807, 2.05) is 13.0 Å². The van der Waals surface area contributed by atoms with E-state index < -0.39 is 11.9 Å². The standard InChI is InChI=1S/C17H16FN3O.C4H4O4/c1-9-14(20-8-19-9)7-10-5-6-13-15(17(10)22)11-3-2-4-12(18)16(11)21-13;5-3(6)1-2-4(7)8/h2-4,8,10,21H,5-7H2,1H3,(H,19,20);1-2H,(H,5,6)(H,7,8)/b;2-1-. The molecular formula is C21H20FN3O5. The Balaban J connectivity index is 0.000000275. The summed E-state index contributed by atoms with van der Waals surface area (Å²) in [6, 6.07) is 4.88. The summed E-state index contributed by atoms with van der Waals surface area (Å²) in [5.74, 6) is -2.81. The number of para-hydroxylation sites is 1. The second-order valence-corrected chi connectivity index (χ2v) is 6.93. The number of aliphatic carboxylic acids is 2. The Kier molecular flexibility index (Phi) is 6.10. The van der Waals surface area contributed by atoms with Crippen LogP contribution in [0.4, 0.5) is 4.39 Å². The number of ketones is 1. The molecule has 1 aliphatic rings. The number of rotatable bonds is 4. The highest BCUT2D eigenvalue weighted by molar-refractivity contribution is 6.11. The van der Waals surface area contributed by atoms with Gasteiger partial charge in [-0.1, -0.05) is 12.1 Å².